The van der Waals surface area contributed by atoms with Crippen molar-refractivity contribution in [2.24, 2.45) is 0 Å². The first-order valence-corrected chi connectivity index (χ1v) is 18.1. The molecule has 0 bridgehead atoms. The Morgan fingerprint density at radius 2 is 1.00 bits per heavy atom. The minimum Gasteiger partial charge on any atom is -0.456 e. The fraction of sp³-hybridized carbons (Fsp3) is 0. The van der Waals surface area contributed by atoms with Crippen molar-refractivity contribution in [2.45, 2.75) is 0 Å². The van der Waals surface area contributed by atoms with Crippen LogP contribution in [0.3, 0.4) is 0 Å². The number of anilines is 3. The minimum atomic E-state index is 0.882. The van der Waals surface area contributed by atoms with Gasteiger partial charge in [0.25, 0.3) is 0 Å². The second-order valence-corrected chi connectivity index (χ2v) is 14.4. The summed E-state index contributed by atoms with van der Waals surface area (Å²) in [5.74, 6) is 0. The Morgan fingerprint density at radius 1 is 0.373 bits per heavy atom. The summed E-state index contributed by atoms with van der Waals surface area (Å²) in [6.45, 7) is 0. The lowest BCUT2D eigenvalue weighted by atomic mass is 9.91. The Morgan fingerprint density at radius 3 is 1.88 bits per heavy atom. The van der Waals surface area contributed by atoms with Gasteiger partial charge in [-0.05, 0) is 104 Å². The van der Waals surface area contributed by atoms with Crippen molar-refractivity contribution in [3.05, 3.63) is 176 Å². The summed E-state index contributed by atoms with van der Waals surface area (Å²) in [5, 5.41) is 12.5. The molecule has 3 heteroatoms. The number of furan rings is 1. The molecule has 0 unspecified atom stereocenters. The van der Waals surface area contributed by atoms with Crippen molar-refractivity contribution < 1.29 is 4.42 Å². The topological polar surface area (TPSA) is 16.4 Å². The maximum atomic E-state index is 6.39. The molecule has 2 nitrogen and oxygen atoms in total. The van der Waals surface area contributed by atoms with Crippen LogP contribution >= 0.6 is 11.3 Å². The number of hydrogen-bond acceptors (Lipinski definition) is 3. The van der Waals surface area contributed by atoms with E-state index in [9.17, 15) is 0 Å². The molecule has 0 atom stereocenters. The first-order valence-electron chi connectivity index (χ1n) is 17.3. The van der Waals surface area contributed by atoms with Gasteiger partial charge in [0.1, 0.15) is 11.2 Å². The van der Waals surface area contributed by atoms with Crippen LogP contribution in [-0.4, -0.2) is 0 Å². The number of benzene rings is 9. The number of thiophene rings is 1. The minimum absolute atomic E-state index is 0.882. The molecular weight excluding hydrogens is 639 g/mol. The van der Waals surface area contributed by atoms with Crippen LogP contribution in [0, 0.1) is 0 Å². The molecule has 11 rings (SSSR count). The molecule has 0 aliphatic heterocycles. The quantitative estimate of drug-likeness (QED) is 0.174. The highest BCUT2D eigenvalue weighted by molar-refractivity contribution is 7.25. The van der Waals surface area contributed by atoms with Gasteiger partial charge in [0.2, 0.25) is 0 Å². The van der Waals surface area contributed by atoms with Gasteiger partial charge < -0.3 is 9.32 Å². The molecule has 51 heavy (non-hydrogen) atoms. The fourth-order valence-electron chi connectivity index (χ4n) is 8.06. The van der Waals surface area contributed by atoms with Crippen LogP contribution in [0.1, 0.15) is 0 Å². The van der Waals surface area contributed by atoms with E-state index in [2.05, 4.69) is 169 Å². The highest BCUT2D eigenvalue weighted by atomic mass is 32.1. The second-order valence-electron chi connectivity index (χ2n) is 13.3. The van der Waals surface area contributed by atoms with Gasteiger partial charge in [0, 0.05) is 54.1 Å². The third-order valence-electron chi connectivity index (χ3n) is 10.4. The first kappa shape index (κ1) is 28.4. The van der Waals surface area contributed by atoms with Crippen LogP contribution in [0.5, 0.6) is 0 Å². The number of rotatable bonds is 4. The Balaban J connectivity index is 1.09. The molecule has 2 heterocycles. The largest absolute Gasteiger partial charge is 0.456 e. The van der Waals surface area contributed by atoms with E-state index in [1.165, 1.54) is 63.6 Å². The molecule has 0 spiro atoms. The molecule has 0 aliphatic rings. The third kappa shape index (κ3) is 4.42. The van der Waals surface area contributed by atoms with Crippen LogP contribution in [0.25, 0.3) is 85.6 Å². The van der Waals surface area contributed by atoms with E-state index in [4.69, 9.17) is 4.42 Å². The van der Waals surface area contributed by atoms with Gasteiger partial charge in [0.05, 0.1) is 0 Å². The zero-order valence-corrected chi connectivity index (χ0v) is 28.3. The summed E-state index contributed by atoms with van der Waals surface area (Å²) in [4.78, 5) is 2.35. The molecule has 11 aromatic rings. The van der Waals surface area contributed by atoms with Gasteiger partial charge in [-0.1, -0.05) is 109 Å². The molecule has 0 saturated carbocycles. The van der Waals surface area contributed by atoms with Gasteiger partial charge in [-0.3, -0.25) is 0 Å². The van der Waals surface area contributed by atoms with E-state index in [1.807, 2.05) is 23.5 Å². The van der Waals surface area contributed by atoms with Crippen molar-refractivity contribution in [3.63, 3.8) is 0 Å². The smallest absolute Gasteiger partial charge is 0.137 e. The van der Waals surface area contributed by atoms with Crippen molar-refractivity contribution in [3.8, 4) is 11.1 Å². The monoisotopic (exact) mass is 667 g/mol. The molecule has 238 valence electrons. The van der Waals surface area contributed by atoms with E-state index >= 15 is 0 Å². The van der Waals surface area contributed by atoms with E-state index in [0.29, 0.717) is 0 Å². The molecule has 9 aromatic carbocycles. The van der Waals surface area contributed by atoms with Gasteiger partial charge in [-0.15, -0.1) is 11.3 Å². The SMILES string of the molecule is c1ccc2c(c1)ccc1cc(-c3ccc(N(c4ccc5c(c4)oc4ccccc45)c4ccc5sc6ccccc6c5c4)cc3)c3ccccc3c12. The molecule has 0 radical (unpaired) electrons. The lowest BCUT2D eigenvalue weighted by molar-refractivity contribution is 0.669. The van der Waals surface area contributed by atoms with E-state index in [1.54, 1.807) is 0 Å². The maximum Gasteiger partial charge on any atom is 0.137 e. The Hall–Kier alpha value is -6.42. The van der Waals surface area contributed by atoms with Crippen molar-refractivity contribution >= 4 is 103 Å². The van der Waals surface area contributed by atoms with Gasteiger partial charge >= 0.3 is 0 Å². The van der Waals surface area contributed by atoms with Crippen molar-refractivity contribution in [2.75, 3.05) is 4.90 Å². The van der Waals surface area contributed by atoms with Crippen LogP contribution in [0.15, 0.2) is 180 Å². The van der Waals surface area contributed by atoms with Crippen molar-refractivity contribution in [1.82, 2.24) is 0 Å². The zero-order valence-electron chi connectivity index (χ0n) is 27.5. The molecule has 2 aromatic heterocycles. The van der Waals surface area contributed by atoms with E-state index in [0.717, 1.165) is 39.0 Å². The number of fused-ring (bicyclic) bond motifs is 11. The number of nitrogens with zero attached hydrogens (tertiary/aromatic N) is 1. The summed E-state index contributed by atoms with van der Waals surface area (Å²) >= 11 is 1.85. The second kappa shape index (κ2) is 11.0. The van der Waals surface area contributed by atoms with Crippen LogP contribution in [0.4, 0.5) is 17.1 Å². The lowest BCUT2D eigenvalue weighted by Crippen LogP contribution is -2.09. The standard InChI is InChI=1S/C48H29NOS/c1-2-10-36-30(9-1)17-18-32-27-42(37-11-3-4-14-41(37)48(32)36)31-19-21-33(22-20-31)49(34-24-26-47-43(28-34)40-13-6-8-16-46(40)51-47)35-23-25-39-38-12-5-7-15-44(38)50-45(39)29-35/h1-29H. The normalized spacial score (nSPS) is 11.9. The van der Waals surface area contributed by atoms with Crippen LogP contribution in [0.2, 0.25) is 0 Å². The predicted octanol–water partition coefficient (Wildman–Crippen LogP) is 14.6. The molecule has 0 amide bonds. The molecule has 0 aliphatic carbocycles. The maximum absolute atomic E-state index is 6.39. The number of para-hydroxylation sites is 1. The van der Waals surface area contributed by atoms with Gasteiger partial charge in [-0.2, -0.15) is 0 Å². The number of hydrogen-bond donors (Lipinski definition) is 0. The molecule has 0 N–H and O–H groups in total. The Bertz CT molecular complexity index is 3150. The van der Waals surface area contributed by atoms with Crippen LogP contribution in [-0.2, 0) is 0 Å². The van der Waals surface area contributed by atoms with Crippen molar-refractivity contribution in [1.29, 1.82) is 0 Å². The predicted molar refractivity (Wildman–Crippen MR) is 219 cm³/mol. The van der Waals surface area contributed by atoms with E-state index in [-0.39, 0.29) is 0 Å². The highest BCUT2D eigenvalue weighted by Gasteiger charge is 2.18. The van der Waals surface area contributed by atoms with Gasteiger partial charge in [-0.25, -0.2) is 0 Å². The fourth-order valence-corrected chi connectivity index (χ4v) is 9.15. The van der Waals surface area contributed by atoms with Gasteiger partial charge in [0.15, 0.2) is 0 Å². The Kier molecular flexibility index (Phi) is 6.16. The summed E-state index contributed by atoms with van der Waals surface area (Å²) < 4.78 is 8.98. The Labute approximate surface area is 298 Å². The lowest BCUT2D eigenvalue weighted by Gasteiger charge is -2.26. The summed E-state index contributed by atoms with van der Waals surface area (Å²) in [6, 6.07) is 63.9. The summed E-state index contributed by atoms with van der Waals surface area (Å²) in [5.41, 5.74) is 7.46. The molecular formula is C48H29NOS. The first-order chi connectivity index (χ1) is 25.3. The summed E-state index contributed by atoms with van der Waals surface area (Å²) in [6.07, 6.45) is 0. The average molecular weight is 668 g/mol. The van der Waals surface area contributed by atoms with Crippen LogP contribution < -0.4 is 4.90 Å². The average Bonchev–Trinajstić information content (AvgIpc) is 3.75. The van der Waals surface area contributed by atoms with E-state index < -0.39 is 0 Å². The highest BCUT2D eigenvalue weighted by Crippen LogP contribution is 2.44. The third-order valence-corrected chi connectivity index (χ3v) is 11.6. The zero-order chi connectivity index (χ0) is 33.5. The molecule has 0 saturated heterocycles. The summed E-state index contributed by atoms with van der Waals surface area (Å²) in [7, 11) is 0. The molecule has 0 fully saturated rings.